The summed E-state index contributed by atoms with van der Waals surface area (Å²) in [5.74, 6) is -0.298. The smallest absolute Gasteiger partial charge is 0.302 e. The first-order chi connectivity index (χ1) is 11.9. The van der Waals surface area contributed by atoms with E-state index in [1.54, 1.807) is 16.4 Å². The predicted molar refractivity (Wildman–Crippen MR) is 95.5 cm³/mol. The molecule has 0 unspecified atom stereocenters. The number of allylic oxidation sites excluding steroid dienone is 1. The Morgan fingerprint density at radius 2 is 1.92 bits per heavy atom. The fourth-order valence-corrected chi connectivity index (χ4v) is 4.79. The van der Waals surface area contributed by atoms with Crippen molar-refractivity contribution < 1.29 is 17.9 Å². The van der Waals surface area contributed by atoms with Crippen LogP contribution in [0.25, 0.3) is 0 Å². The Morgan fingerprint density at radius 3 is 2.60 bits per heavy atom. The molecule has 0 radical (unpaired) electrons. The summed E-state index contributed by atoms with van der Waals surface area (Å²) >= 11 is 0. The molecule has 1 aromatic carbocycles. The van der Waals surface area contributed by atoms with Gasteiger partial charge in [0.2, 0.25) is 10.0 Å². The summed E-state index contributed by atoms with van der Waals surface area (Å²) in [4.78, 5) is 11.4. The fourth-order valence-electron chi connectivity index (χ4n) is 3.35. The average molecular weight is 361 g/mol. The molecular weight excluding hydrogens is 338 g/mol. The Morgan fingerprint density at radius 1 is 1.20 bits per heavy atom. The van der Waals surface area contributed by atoms with E-state index in [2.05, 4.69) is 6.08 Å². The molecular formula is C19H23NO4S. The summed E-state index contributed by atoms with van der Waals surface area (Å²) in [6.45, 7) is 4.48. The molecule has 134 valence electrons. The van der Waals surface area contributed by atoms with Gasteiger partial charge in [-0.1, -0.05) is 29.3 Å². The third kappa shape index (κ3) is 3.85. The molecule has 0 fully saturated rings. The third-order valence-electron chi connectivity index (χ3n) is 4.72. The van der Waals surface area contributed by atoms with E-state index in [1.165, 1.54) is 12.5 Å². The van der Waals surface area contributed by atoms with Gasteiger partial charge in [0, 0.05) is 20.0 Å². The van der Waals surface area contributed by atoms with Crippen LogP contribution in [0.2, 0.25) is 0 Å². The number of carbonyl (C=O) groups is 1. The summed E-state index contributed by atoms with van der Waals surface area (Å²) < 4.78 is 32.5. The number of esters is 1. The number of nitrogens with zero attached hydrogens (tertiary/aromatic N) is 1. The minimum absolute atomic E-state index is 0.277. The molecule has 0 atom stereocenters. The van der Waals surface area contributed by atoms with E-state index < -0.39 is 10.0 Å². The van der Waals surface area contributed by atoms with Crippen LogP contribution in [-0.4, -0.2) is 38.4 Å². The van der Waals surface area contributed by atoms with Crippen LogP contribution in [0.4, 0.5) is 0 Å². The number of ether oxygens (including phenoxy) is 1. The van der Waals surface area contributed by atoms with Crippen molar-refractivity contribution >= 4 is 16.0 Å². The molecule has 0 aromatic heterocycles. The lowest BCUT2D eigenvalue weighted by Crippen LogP contribution is -2.38. The average Bonchev–Trinajstić information content (AvgIpc) is 2.59. The van der Waals surface area contributed by atoms with Gasteiger partial charge < -0.3 is 4.74 Å². The van der Waals surface area contributed by atoms with E-state index >= 15 is 0 Å². The normalized spacial score (nSPS) is 18.6. The van der Waals surface area contributed by atoms with E-state index in [0.717, 1.165) is 29.6 Å². The zero-order valence-electron chi connectivity index (χ0n) is 14.6. The first kappa shape index (κ1) is 17.9. The van der Waals surface area contributed by atoms with Gasteiger partial charge in [-0.05, 0) is 49.5 Å². The van der Waals surface area contributed by atoms with Crippen molar-refractivity contribution in [2.75, 3.05) is 19.7 Å². The molecule has 3 rings (SSSR count). The van der Waals surface area contributed by atoms with Crippen LogP contribution in [-0.2, 0) is 19.6 Å². The van der Waals surface area contributed by atoms with Crippen LogP contribution in [0, 0.1) is 6.92 Å². The molecule has 1 heterocycles. The van der Waals surface area contributed by atoms with Crippen molar-refractivity contribution in [1.29, 1.82) is 0 Å². The lowest BCUT2D eigenvalue weighted by molar-refractivity contribution is -0.139. The number of carbonyl (C=O) groups excluding carboxylic acids is 1. The molecule has 1 aliphatic carbocycles. The first-order valence-corrected chi connectivity index (χ1v) is 9.92. The third-order valence-corrected chi connectivity index (χ3v) is 6.58. The van der Waals surface area contributed by atoms with E-state index in [0.29, 0.717) is 24.4 Å². The van der Waals surface area contributed by atoms with Gasteiger partial charge >= 0.3 is 5.97 Å². The van der Waals surface area contributed by atoms with Gasteiger partial charge in [0.25, 0.3) is 0 Å². The van der Waals surface area contributed by atoms with Gasteiger partial charge in [0.05, 0.1) is 4.90 Å². The van der Waals surface area contributed by atoms with E-state index in [4.69, 9.17) is 4.74 Å². The van der Waals surface area contributed by atoms with Crippen molar-refractivity contribution in [2.45, 2.75) is 38.0 Å². The molecule has 25 heavy (non-hydrogen) atoms. The van der Waals surface area contributed by atoms with Gasteiger partial charge in [-0.15, -0.1) is 0 Å². The minimum Gasteiger partial charge on any atom is -0.461 e. The number of hydrogen-bond donors (Lipinski definition) is 0. The second-order valence-electron chi connectivity index (χ2n) is 6.53. The maximum Gasteiger partial charge on any atom is 0.302 e. The van der Waals surface area contributed by atoms with Crippen molar-refractivity contribution in [3.8, 4) is 0 Å². The lowest BCUT2D eigenvalue weighted by atomic mass is 9.87. The highest BCUT2D eigenvalue weighted by atomic mass is 32.2. The Hall–Kier alpha value is -1.92. The molecule has 5 nitrogen and oxygen atoms in total. The maximum atomic E-state index is 12.9. The summed E-state index contributed by atoms with van der Waals surface area (Å²) in [5, 5.41) is 0. The van der Waals surface area contributed by atoms with Crippen LogP contribution in [0.15, 0.2) is 52.0 Å². The first-order valence-electron chi connectivity index (χ1n) is 8.48. The summed E-state index contributed by atoms with van der Waals surface area (Å²) in [5.41, 5.74) is 4.38. The highest BCUT2D eigenvalue weighted by Crippen LogP contribution is 2.34. The molecule has 1 aromatic rings. The fraction of sp³-hybridized carbons (Fsp3) is 0.421. The highest BCUT2D eigenvalue weighted by Gasteiger charge is 2.31. The monoisotopic (exact) mass is 361 g/mol. The molecule has 0 spiro atoms. The number of hydrogen-bond acceptors (Lipinski definition) is 4. The van der Waals surface area contributed by atoms with Crippen LogP contribution < -0.4 is 0 Å². The molecule has 2 aliphatic rings. The number of benzene rings is 1. The SMILES string of the molecule is CC(=O)OCC1=CCCC2=C1CCN(S(=O)(=O)c1ccc(C)cc1)C2. The summed E-state index contributed by atoms with van der Waals surface area (Å²) in [6, 6.07) is 6.98. The standard InChI is InChI=1S/C19H23NO4S/c1-14-6-8-18(9-7-14)25(22,23)20-11-10-19-16(12-20)4-3-5-17(19)13-24-15(2)21/h5-9H,3-4,10-13H2,1-2H3. The van der Waals surface area contributed by atoms with Crippen molar-refractivity contribution in [3.63, 3.8) is 0 Å². The Bertz CT molecular complexity index is 835. The molecule has 0 saturated carbocycles. The number of aryl methyl sites for hydroxylation is 1. The van der Waals surface area contributed by atoms with Gasteiger partial charge in [0.1, 0.15) is 6.61 Å². The van der Waals surface area contributed by atoms with Crippen molar-refractivity contribution in [1.82, 2.24) is 4.31 Å². The summed E-state index contributed by atoms with van der Waals surface area (Å²) in [6.07, 6.45) is 4.48. The van der Waals surface area contributed by atoms with Crippen LogP contribution >= 0.6 is 0 Å². The summed E-state index contributed by atoms with van der Waals surface area (Å²) in [7, 11) is -3.48. The predicted octanol–water partition coefficient (Wildman–Crippen LogP) is 2.97. The topological polar surface area (TPSA) is 63.7 Å². The van der Waals surface area contributed by atoms with Gasteiger partial charge in [-0.2, -0.15) is 4.31 Å². The van der Waals surface area contributed by atoms with Crippen LogP contribution in [0.3, 0.4) is 0 Å². The highest BCUT2D eigenvalue weighted by molar-refractivity contribution is 7.89. The molecule has 6 heteroatoms. The van der Waals surface area contributed by atoms with Crippen LogP contribution in [0.1, 0.15) is 31.7 Å². The zero-order valence-corrected chi connectivity index (χ0v) is 15.4. The molecule has 0 bridgehead atoms. The van der Waals surface area contributed by atoms with Gasteiger partial charge in [-0.3, -0.25) is 4.79 Å². The Balaban J connectivity index is 1.80. The molecule has 0 amide bonds. The minimum atomic E-state index is -3.48. The number of sulfonamides is 1. The second-order valence-corrected chi connectivity index (χ2v) is 8.47. The molecule has 0 saturated heterocycles. The zero-order chi connectivity index (χ0) is 18.0. The Labute approximate surface area is 149 Å². The molecule has 1 aliphatic heterocycles. The van der Waals surface area contributed by atoms with E-state index in [1.807, 2.05) is 19.1 Å². The van der Waals surface area contributed by atoms with Crippen LogP contribution in [0.5, 0.6) is 0 Å². The van der Waals surface area contributed by atoms with E-state index in [-0.39, 0.29) is 12.6 Å². The maximum absolute atomic E-state index is 12.9. The second kappa shape index (κ2) is 7.14. The quantitative estimate of drug-likeness (QED) is 0.774. The molecule has 0 N–H and O–H groups in total. The van der Waals surface area contributed by atoms with E-state index in [9.17, 15) is 13.2 Å². The van der Waals surface area contributed by atoms with Crippen molar-refractivity contribution in [3.05, 3.63) is 52.6 Å². The Kier molecular flexibility index (Phi) is 5.11. The number of rotatable bonds is 4. The largest absolute Gasteiger partial charge is 0.461 e. The lowest BCUT2D eigenvalue weighted by Gasteiger charge is -2.33. The van der Waals surface area contributed by atoms with Gasteiger partial charge in [-0.25, -0.2) is 8.42 Å². The van der Waals surface area contributed by atoms with Gasteiger partial charge in [0.15, 0.2) is 0 Å². The van der Waals surface area contributed by atoms with Crippen molar-refractivity contribution in [2.24, 2.45) is 0 Å².